The maximum absolute atomic E-state index is 13.1. The first-order valence-electron chi connectivity index (χ1n) is 10.9. The van der Waals surface area contributed by atoms with E-state index in [4.69, 9.17) is 19.2 Å². The van der Waals surface area contributed by atoms with Gasteiger partial charge in [-0.05, 0) is 52.7 Å². The van der Waals surface area contributed by atoms with Crippen LogP contribution in [0.15, 0.2) is 30.7 Å². The van der Waals surface area contributed by atoms with Crippen molar-refractivity contribution in [1.82, 2.24) is 19.4 Å². The molecule has 1 aliphatic carbocycles. The molecule has 0 atom stereocenters. The second kappa shape index (κ2) is 7.44. The van der Waals surface area contributed by atoms with Crippen LogP contribution in [0.1, 0.15) is 56.7 Å². The topological polar surface area (TPSA) is 99.9 Å². The molecule has 1 saturated carbocycles. The average Bonchev–Trinajstić information content (AvgIpc) is 3.40. The third kappa shape index (κ3) is 3.46. The van der Waals surface area contributed by atoms with Gasteiger partial charge < -0.3 is 19.5 Å². The molecule has 2 bridgehead atoms. The highest BCUT2D eigenvalue weighted by atomic mass is 16.5. The van der Waals surface area contributed by atoms with E-state index in [1.807, 2.05) is 31.4 Å². The van der Waals surface area contributed by atoms with Crippen molar-refractivity contribution in [3.05, 3.63) is 42.1 Å². The van der Waals surface area contributed by atoms with Crippen molar-refractivity contribution in [2.45, 2.75) is 57.7 Å². The summed E-state index contributed by atoms with van der Waals surface area (Å²) in [7, 11) is 0. The van der Waals surface area contributed by atoms with Crippen molar-refractivity contribution in [2.24, 2.45) is 0 Å². The van der Waals surface area contributed by atoms with E-state index in [-0.39, 0.29) is 28.7 Å². The van der Waals surface area contributed by atoms with Gasteiger partial charge in [-0.25, -0.2) is 15.0 Å². The number of carbonyl (C=O) groups is 1. The lowest BCUT2D eigenvalue weighted by Gasteiger charge is -2.41. The monoisotopic (exact) mass is 437 g/mol. The molecule has 3 aromatic rings. The minimum absolute atomic E-state index is 0.0403. The van der Waals surface area contributed by atoms with Crippen LogP contribution in [-0.2, 0) is 10.2 Å². The molecular weight excluding hydrogens is 410 g/mol. The van der Waals surface area contributed by atoms with Crippen LogP contribution in [-0.4, -0.2) is 50.2 Å². The zero-order valence-corrected chi connectivity index (χ0v) is 18.7. The number of aromatic nitrogens is 4. The first-order valence-corrected chi connectivity index (χ1v) is 10.9. The number of nitrogens with one attached hydrogen (secondary N) is 1. The first-order chi connectivity index (χ1) is 15.3. The Kier molecular flexibility index (Phi) is 4.81. The van der Waals surface area contributed by atoms with E-state index >= 15 is 0 Å². The highest BCUT2D eigenvalue weighted by molar-refractivity contribution is 6.03. The van der Waals surface area contributed by atoms with Gasteiger partial charge in [-0.15, -0.1) is 0 Å². The van der Waals surface area contributed by atoms with Crippen LogP contribution in [0.2, 0.25) is 0 Å². The molecule has 2 aliphatic heterocycles. The Morgan fingerprint density at radius 3 is 2.78 bits per heavy atom. The molecule has 168 valence electrons. The molecule has 2 saturated heterocycles. The summed E-state index contributed by atoms with van der Waals surface area (Å²) in [6.07, 6.45) is 7.09. The van der Waals surface area contributed by atoms with Crippen LogP contribution < -0.4 is 14.8 Å². The molecule has 0 radical (unpaired) electrons. The summed E-state index contributed by atoms with van der Waals surface area (Å²) in [6, 6.07) is 3.48. The van der Waals surface area contributed by atoms with Crippen LogP contribution in [0, 0.1) is 0 Å². The van der Waals surface area contributed by atoms with Crippen molar-refractivity contribution in [3.8, 4) is 11.8 Å². The molecule has 9 nitrogen and oxygen atoms in total. The number of rotatable bonds is 7. The zero-order valence-electron chi connectivity index (χ0n) is 18.7. The van der Waals surface area contributed by atoms with E-state index < -0.39 is 0 Å². The predicted octanol–water partition coefficient (Wildman–Crippen LogP) is 3.38. The summed E-state index contributed by atoms with van der Waals surface area (Å²) in [5.41, 5.74) is 2.13. The SMILES string of the molecule is CCOc1nc(C(=O)Nc2cccnc2OC(C)C)cn2cc(C34COC(C)(C3)C4)nc12. The highest BCUT2D eigenvalue weighted by Crippen LogP contribution is 2.58. The fourth-order valence-electron chi connectivity index (χ4n) is 4.71. The van der Waals surface area contributed by atoms with Crippen LogP contribution in [0.4, 0.5) is 5.69 Å². The maximum atomic E-state index is 13.1. The lowest BCUT2D eigenvalue weighted by atomic mass is 9.62. The van der Waals surface area contributed by atoms with Crippen molar-refractivity contribution in [2.75, 3.05) is 18.5 Å². The molecular formula is C23H27N5O4. The minimum atomic E-state index is -0.386. The number of carbonyl (C=O) groups excluding carboxylic acids is 1. The lowest BCUT2D eigenvalue weighted by Crippen LogP contribution is -2.45. The summed E-state index contributed by atoms with van der Waals surface area (Å²) in [5, 5.41) is 2.85. The minimum Gasteiger partial charge on any atom is -0.475 e. The van der Waals surface area contributed by atoms with Gasteiger partial charge in [-0.3, -0.25) is 9.20 Å². The Morgan fingerprint density at radius 2 is 2.09 bits per heavy atom. The van der Waals surface area contributed by atoms with Crippen LogP contribution in [0.5, 0.6) is 11.8 Å². The average molecular weight is 438 g/mol. The molecule has 3 aromatic heterocycles. The van der Waals surface area contributed by atoms with Crippen molar-refractivity contribution >= 4 is 17.2 Å². The van der Waals surface area contributed by atoms with Gasteiger partial charge in [0.05, 0.1) is 30.6 Å². The maximum Gasteiger partial charge on any atom is 0.276 e. The molecule has 6 rings (SSSR count). The van der Waals surface area contributed by atoms with Crippen molar-refractivity contribution < 1.29 is 19.0 Å². The smallest absolute Gasteiger partial charge is 0.276 e. The Labute approximate surface area is 186 Å². The number of hydrogen-bond donors (Lipinski definition) is 1. The number of fused-ring (bicyclic) bond motifs is 2. The Morgan fingerprint density at radius 1 is 1.28 bits per heavy atom. The third-order valence-corrected chi connectivity index (χ3v) is 5.95. The number of anilines is 1. The van der Waals surface area contributed by atoms with E-state index in [0.29, 0.717) is 36.3 Å². The van der Waals surface area contributed by atoms with Crippen LogP contribution in [0.25, 0.3) is 5.65 Å². The van der Waals surface area contributed by atoms with Gasteiger partial charge >= 0.3 is 0 Å². The van der Waals surface area contributed by atoms with E-state index in [9.17, 15) is 4.79 Å². The lowest BCUT2D eigenvalue weighted by molar-refractivity contribution is 0.0154. The molecule has 32 heavy (non-hydrogen) atoms. The first kappa shape index (κ1) is 20.7. The summed E-state index contributed by atoms with van der Waals surface area (Å²) in [6.45, 7) is 8.90. The molecule has 0 spiro atoms. The van der Waals surface area contributed by atoms with Gasteiger partial charge in [0.2, 0.25) is 11.5 Å². The van der Waals surface area contributed by atoms with E-state index in [0.717, 1.165) is 18.5 Å². The van der Waals surface area contributed by atoms with Gasteiger partial charge in [-0.2, -0.15) is 0 Å². The molecule has 0 aromatic carbocycles. The van der Waals surface area contributed by atoms with E-state index in [1.54, 1.807) is 24.5 Å². The second-order valence-corrected chi connectivity index (χ2v) is 9.07. The van der Waals surface area contributed by atoms with Gasteiger partial charge in [-0.1, -0.05) is 0 Å². The number of pyridine rings is 1. The summed E-state index contributed by atoms with van der Waals surface area (Å²) in [4.78, 5) is 26.6. The fourth-order valence-corrected chi connectivity index (χ4v) is 4.71. The quantitative estimate of drug-likeness (QED) is 0.605. The fraction of sp³-hybridized carbons (Fsp3) is 0.478. The van der Waals surface area contributed by atoms with Gasteiger partial charge in [0.15, 0.2) is 0 Å². The van der Waals surface area contributed by atoms with E-state index in [1.165, 1.54) is 0 Å². The van der Waals surface area contributed by atoms with Gasteiger partial charge in [0, 0.05) is 24.0 Å². The molecule has 0 unspecified atom stereocenters. The number of imidazole rings is 1. The predicted molar refractivity (Wildman–Crippen MR) is 117 cm³/mol. The zero-order chi connectivity index (χ0) is 22.5. The second-order valence-electron chi connectivity index (χ2n) is 9.07. The number of nitrogens with zero attached hydrogens (tertiary/aromatic N) is 4. The largest absolute Gasteiger partial charge is 0.475 e. The molecule has 3 aliphatic rings. The van der Waals surface area contributed by atoms with Crippen molar-refractivity contribution in [1.29, 1.82) is 0 Å². The Hall–Kier alpha value is -3.20. The molecule has 9 heteroatoms. The van der Waals surface area contributed by atoms with Gasteiger partial charge in [0.25, 0.3) is 11.8 Å². The molecule has 1 amide bonds. The molecule has 5 heterocycles. The van der Waals surface area contributed by atoms with Crippen LogP contribution in [0.3, 0.4) is 0 Å². The Balaban J connectivity index is 1.47. The van der Waals surface area contributed by atoms with Crippen molar-refractivity contribution in [3.63, 3.8) is 0 Å². The number of hydrogen-bond acceptors (Lipinski definition) is 7. The molecule has 1 N–H and O–H groups in total. The number of amides is 1. The molecule has 3 fully saturated rings. The van der Waals surface area contributed by atoms with E-state index in [2.05, 4.69) is 22.2 Å². The number of ether oxygens (including phenoxy) is 3. The summed E-state index contributed by atoms with van der Waals surface area (Å²) < 4.78 is 19.2. The summed E-state index contributed by atoms with van der Waals surface area (Å²) >= 11 is 0. The third-order valence-electron chi connectivity index (χ3n) is 5.95. The van der Waals surface area contributed by atoms with Crippen LogP contribution >= 0.6 is 0 Å². The Bertz CT molecular complexity index is 1180. The summed E-state index contributed by atoms with van der Waals surface area (Å²) in [5.74, 6) is 0.303. The highest BCUT2D eigenvalue weighted by Gasteiger charge is 2.61. The standard InChI is InChI=1S/C23H27N5O4/c1-5-30-21-18-27-17(23-11-22(4,12-23)31-13-23)10-28(18)9-16(26-21)19(29)25-15-7-6-8-24-20(15)32-14(2)3/h6-10,14H,5,11-13H2,1-4H3,(H,25,29). The normalized spacial score (nSPS) is 23.9. The van der Waals surface area contributed by atoms with Gasteiger partial charge in [0.1, 0.15) is 11.4 Å².